The number of anilines is 1. The van der Waals surface area contributed by atoms with Crippen molar-refractivity contribution in [2.24, 2.45) is 5.73 Å². The van der Waals surface area contributed by atoms with Gasteiger partial charge < -0.3 is 15.5 Å². The Morgan fingerprint density at radius 2 is 2.04 bits per heavy atom. The van der Waals surface area contributed by atoms with Gasteiger partial charge in [0.2, 0.25) is 0 Å². The van der Waals surface area contributed by atoms with Gasteiger partial charge in [-0.1, -0.05) is 0 Å². The van der Waals surface area contributed by atoms with E-state index in [0.29, 0.717) is 47.1 Å². The highest BCUT2D eigenvalue weighted by atomic mass is 35.5. The van der Waals surface area contributed by atoms with Crippen molar-refractivity contribution in [2.75, 3.05) is 5.32 Å². The number of nitrogens with two attached hydrogens (primary N) is 1. The Morgan fingerprint density at radius 1 is 1.29 bits per heavy atom. The minimum absolute atomic E-state index is 0. The Hall–Kier alpha value is -2.97. The van der Waals surface area contributed by atoms with E-state index < -0.39 is 0 Å². The van der Waals surface area contributed by atoms with Gasteiger partial charge in [-0.15, -0.1) is 12.4 Å². The van der Waals surface area contributed by atoms with E-state index in [1.54, 1.807) is 19.1 Å². The number of benzene rings is 1. The second-order valence-electron chi connectivity index (χ2n) is 6.47. The molecule has 1 aromatic carbocycles. The third kappa shape index (κ3) is 3.56. The van der Waals surface area contributed by atoms with Crippen molar-refractivity contribution < 1.29 is 14.0 Å². The minimum atomic E-state index is -0.370. The van der Waals surface area contributed by atoms with E-state index in [0.717, 1.165) is 12.0 Å². The third-order valence-corrected chi connectivity index (χ3v) is 4.64. The Labute approximate surface area is 167 Å². The van der Waals surface area contributed by atoms with E-state index in [1.165, 1.54) is 0 Å². The van der Waals surface area contributed by atoms with Gasteiger partial charge in [-0.2, -0.15) is 5.10 Å². The Kier molecular flexibility index (Phi) is 5.62. The predicted molar refractivity (Wildman–Crippen MR) is 106 cm³/mol. The highest BCUT2D eigenvalue weighted by molar-refractivity contribution is 6.07. The number of carbonyl (C=O) groups is 2. The summed E-state index contributed by atoms with van der Waals surface area (Å²) in [7, 11) is 0. The van der Waals surface area contributed by atoms with Crippen LogP contribution in [0.25, 0.3) is 11.4 Å². The van der Waals surface area contributed by atoms with E-state index in [2.05, 4.69) is 20.5 Å². The van der Waals surface area contributed by atoms with Crippen molar-refractivity contribution in [1.82, 2.24) is 15.2 Å². The highest BCUT2D eigenvalue weighted by Crippen LogP contribution is 2.30. The smallest absolute Gasteiger partial charge is 0.291 e. The topological polar surface area (TPSA) is 127 Å². The van der Waals surface area contributed by atoms with Crippen LogP contribution in [0.5, 0.6) is 0 Å². The van der Waals surface area contributed by atoms with Crippen molar-refractivity contribution in [3.8, 4) is 11.4 Å². The number of aryl methyl sites for hydroxylation is 1. The Balaban J connectivity index is 0.00000225. The number of halogens is 1. The summed E-state index contributed by atoms with van der Waals surface area (Å²) in [5.41, 5.74) is 8.12. The van der Waals surface area contributed by atoms with Crippen molar-refractivity contribution >= 4 is 29.8 Å². The van der Waals surface area contributed by atoms with Crippen LogP contribution < -0.4 is 11.1 Å². The van der Waals surface area contributed by atoms with E-state index in [-0.39, 0.29) is 36.4 Å². The van der Waals surface area contributed by atoms with Crippen LogP contribution in [0.4, 0.5) is 5.69 Å². The molecule has 2 aromatic heterocycles. The molecule has 4 rings (SSSR count). The fraction of sp³-hybridized carbons (Fsp3) is 0.263. The maximum Gasteiger partial charge on any atom is 0.291 e. The van der Waals surface area contributed by atoms with Crippen LogP contribution in [0.2, 0.25) is 0 Å². The summed E-state index contributed by atoms with van der Waals surface area (Å²) in [5.74, 6) is 1.64. The van der Waals surface area contributed by atoms with Gasteiger partial charge >= 0.3 is 0 Å². The molecule has 0 fully saturated rings. The van der Waals surface area contributed by atoms with Gasteiger partial charge in [-0.3, -0.25) is 14.7 Å². The summed E-state index contributed by atoms with van der Waals surface area (Å²) in [4.78, 5) is 28.9. The van der Waals surface area contributed by atoms with Gasteiger partial charge in [-0.25, -0.2) is 4.98 Å². The van der Waals surface area contributed by atoms with Crippen molar-refractivity contribution in [3.63, 3.8) is 0 Å². The largest absolute Gasteiger partial charge is 0.455 e. The lowest BCUT2D eigenvalue weighted by Gasteiger charge is -2.07. The molecule has 3 aromatic rings. The average Bonchev–Trinajstić information content (AvgIpc) is 3.28. The lowest BCUT2D eigenvalue weighted by molar-refractivity contribution is 0.0963. The number of carbonyl (C=O) groups excluding carboxylic acids is 2. The van der Waals surface area contributed by atoms with Crippen LogP contribution in [-0.4, -0.2) is 26.9 Å². The van der Waals surface area contributed by atoms with Crippen molar-refractivity contribution in [3.05, 3.63) is 52.7 Å². The molecule has 0 unspecified atom stereocenters. The van der Waals surface area contributed by atoms with Crippen LogP contribution >= 0.6 is 12.4 Å². The zero-order valence-electron chi connectivity index (χ0n) is 15.2. The number of nitrogens with zero attached hydrogens (tertiary/aromatic N) is 2. The number of Topliss-reactive ketones (excluding diaryl/α,β-unsaturated/α-hetero) is 1. The fourth-order valence-electron chi connectivity index (χ4n) is 3.27. The first-order valence-electron chi connectivity index (χ1n) is 8.75. The molecular formula is C19H20ClN5O3. The average molecular weight is 402 g/mol. The quantitative estimate of drug-likeness (QED) is 0.616. The minimum Gasteiger partial charge on any atom is -0.455 e. The van der Waals surface area contributed by atoms with Crippen molar-refractivity contribution in [2.45, 2.75) is 32.7 Å². The molecule has 1 amide bonds. The van der Waals surface area contributed by atoms with Crippen LogP contribution in [0.1, 0.15) is 50.9 Å². The SMILES string of the molecule is Cc1c(C(=O)Nc2ccc(-c3n[nH]c(CN)n3)cc2)oc2c1C(=O)CCC2.Cl. The van der Waals surface area contributed by atoms with E-state index in [1.807, 2.05) is 12.1 Å². The fourth-order valence-corrected chi connectivity index (χ4v) is 3.27. The molecule has 0 spiro atoms. The van der Waals surface area contributed by atoms with Gasteiger partial charge in [-0.05, 0) is 37.6 Å². The third-order valence-electron chi connectivity index (χ3n) is 4.64. The maximum atomic E-state index is 12.6. The van der Waals surface area contributed by atoms with Crippen molar-refractivity contribution in [1.29, 1.82) is 0 Å². The molecule has 0 radical (unpaired) electrons. The highest BCUT2D eigenvalue weighted by Gasteiger charge is 2.28. The Morgan fingerprint density at radius 3 is 2.68 bits per heavy atom. The van der Waals surface area contributed by atoms with Gasteiger partial charge in [0, 0.05) is 29.7 Å². The summed E-state index contributed by atoms with van der Waals surface area (Å²) >= 11 is 0. The van der Waals surface area contributed by atoms with Gasteiger partial charge in [0.15, 0.2) is 17.4 Å². The molecule has 0 aliphatic heterocycles. The summed E-state index contributed by atoms with van der Waals surface area (Å²) in [6, 6.07) is 7.13. The van der Waals surface area contributed by atoms with Crippen LogP contribution in [0.15, 0.2) is 28.7 Å². The number of fused-ring (bicyclic) bond motifs is 1. The van der Waals surface area contributed by atoms with Crippen LogP contribution in [-0.2, 0) is 13.0 Å². The second kappa shape index (κ2) is 7.95. The van der Waals surface area contributed by atoms with E-state index >= 15 is 0 Å². The zero-order chi connectivity index (χ0) is 19.0. The lowest BCUT2D eigenvalue weighted by atomic mass is 9.94. The monoisotopic (exact) mass is 401 g/mol. The number of furan rings is 1. The molecule has 146 valence electrons. The molecule has 4 N–H and O–H groups in total. The molecule has 8 nitrogen and oxygen atoms in total. The standard InChI is InChI=1S/C19H19N5O3.ClH/c1-10-16-13(25)3-2-4-14(16)27-17(10)19(26)21-12-7-5-11(6-8-12)18-22-15(9-20)23-24-18;/h5-8H,2-4,9,20H2,1H3,(H,21,26)(H,22,23,24);1H. The number of aromatic amines is 1. The molecule has 0 saturated heterocycles. The number of aromatic nitrogens is 3. The molecular weight excluding hydrogens is 382 g/mol. The number of ketones is 1. The number of H-pyrrole nitrogens is 1. The number of amides is 1. The first-order valence-corrected chi connectivity index (χ1v) is 8.75. The number of hydrogen-bond donors (Lipinski definition) is 3. The van der Waals surface area contributed by atoms with Gasteiger partial charge in [0.1, 0.15) is 11.6 Å². The molecule has 0 atom stereocenters. The van der Waals surface area contributed by atoms with E-state index in [9.17, 15) is 9.59 Å². The summed E-state index contributed by atoms with van der Waals surface area (Å²) in [6.07, 6.45) is 1.95. The summed E-state index contributed by atoms with van der Waals surface area (Å²) < 4.78 is 5.68. The van der Waals surface area contributed by atoms with Gasteiger partial charge in [0.25, 0.3) is 5.91 Å². The summed E-state index contributed by atoms with van der Waals surface area (Å²) in [5, 5.41) is 9.67. The van der Waals surface area contributed by atoms with E-state index in [4.69, 9.17) is 10.2 Å². The first kappa shape index (κ1) is 19.8. The second-order valence-corrected chi connectivity index (χ2v) is 6.47. The van der Waals surface area contributed by atoms with Gasteiger partial charge in [0.05, 0.1) is 12.1 Å². The predicted octanol–water partition coefficient (Wildman–Crippen LogP) is 3.02. The van der Waals surface area contributed by atoms with Crippen LogP contribution in [0.3, 0.4) is 0 Å². The zero-order valence-corrected chi connectivity index (χ0v) is 16.1. The molecule has 0 saturated carbocycles. The lowest BCUT2D eigenvalue weighted by Crippen LogP contribution is -2.13. The molecule has 28 heavy (non-hydrogen) atoms. The molecule has 0 bridgehead atoms. The molecule has 1 aliphatic rings. The molecule has 9 heteroatoms. The maximum absolute atomic E-state index is 12.6. The number of hydrogen-bond acceptors (Lipinski definition) is 6. The Bertz CT molecular complexity index is 1020. The van der Waals surface area contributed by atoms with Crippen LogP contribution in [0, 0.1) is 6.92 Å². The normalized spacial score (nSPS) is 13.0. The number of rotatable bonds is 4. The molecule has 2 heterocycles. The number of nitrogens with one attached hydrogen (secondary N) is 2. The molecule has 1 aliphatic carbocycles. The first-order chi connectivity index (χ1) is 13.1. The summed E-state index contributed by atoms with van der Waals surface area (Å²) in [6.45, 7) is 2.04.